The largest absolute Gasteiger partial charge is 0.315 e. The molecule has 4 aromatic rings. The van der Waals surface area contributed by atoms with Crippen LogP contribution in [0.25, 0.3) is 28.1 Å². The second kappa shape index (κ2) is 8.12. The first-order chi connectivity index (χ1) is 17.1. The zero-order valence-electron chi connectivity index (χ0n) is 22.4. The average Bonchev–Trinajstić information content (AvgIpc) is 3.21. The van der Waals surface area contributed by atoms with Crippen LogP contribution in [0.15, 0.2) is 60.8 Å². The number of para-hydroxylation sites is 1. The predicted octanol–water partition coefficient (Wildman–Crippen LogP) is 9.53. The number of hydrogen-bond acceptors (Lipinski definition) is 0. The number of fused-ring (bicyclic) bond motifs is 4. The van der Waals surface area contributed by atoms with Crippen LogP contribution < -0.4 is 0 Å². The van der Waals surface area contributed by atoms with Crippen LogP contribution in [0.1, 0.15) is 73.9 Å². The Balaban J connectivity index is 1.67. The molecule has 0 spiro atoms. The fourth-order valence-corrected chi connectivity index (χ4v) is 6.80. The van der Waals surface area contributed by atoms with Gasteiger partial charge < -0.3 is 4.57 Å². The molecule has 1 nitrogen and oxygen atoms in total. The van der Waals surface area contributed by atoms with Gasteiger partial charge in [-0.15, -0.1) is 0 Å². The molecule has 0 amide bonds. The summed E-state index contributed by atoms with van der Waals surface area (Å²) in [6, 6.07) is 20.1. The minimum absolute atomic E-state index is 0.187. The Morgan fingerprint density at radius 3 is 2.00 bits per heavy atom. The highest BCUT2D eigenvalue weighted by Crippen LogP contribution is 2.50. The Kier molecular flexibility index (Phi) is 5.33. The lowest BCUT2D eigenvalue weighted by atomic mass is 9.62. The lowest BCUT2D eigenvalue weighted by Crippen LogP contribution is -2.34. The zero-order valence-corrected chi connectivity index (χ0v) is 23.2. The van der Waals surface area contributed by atoms with Crippen LogP contribution in [0.3, 0.4) is 0 Å². The summed E-state index contributed by atoms with van der Waals surface area (Å²) in [5, 5.41) is 0.781. The van der Waals surface area contributed by atoms with E-state index in [1.54, 1.807) is 5.56 Å². The Labute approximate surface area is 221 Å². The van der Waals surface area contributed by atoms with Gasteiger partial charge in [0.2, 0.25) is 0 Å². The highest BCUT2D eigenvalue weighted by Gasteiger charge is 2.39. The molecular weight excluding hydrogens is 458 g/mol. The number of nitrogens with zero attached hydrogens (tertiary/aromatic N) is 1. The SMILES string of the molecule is Cc1cccc(C)c1-n1cc(-c2ccc(Cl)cc2)c2c1-c1cc3c(cc1CC2)C(C)(C)CCC3(C)C. The standard InChI is InChI=1S/C34H36ClN/c1-21-8-7-9-22(2)31(21)36-20-28(23-10-13-25(35)14-11-23)26-15-12-24-18-29-30(19-27(24)32(26)36)34(5,6)17-16-33(29,3)4/h7-11,13-14,18-20H,12,15-17H2,1-6H3. The van der Waals surface area contributed by atoms with Gasteiger partial charge in [-0.05, 0) is 108 Å². The quantitative estimate of drug-likeness (QED) is 0.262. The minimum Gasteiger partial charge on any atom is -0.315 e. The second-order valence-electron chi connectivity index (χ2n) is 12.3. The molecule has 0 N–H and O–H groups in total. The Bertz CT molecular complexity index is 1480. The molecule has 2 heteroatoms. The normalized spacial score (nSPS) is 17.3. The minimum atomic E-state index is 0.187. The van der Waals surface area contributed by atoms with Crippen molar-refractivity contribution in [2.75, 3.05) is 0 Å². The Hall–Kier alpha value is -2.77. The highest BCUT2D eigenvalue weighted by atomic mass is 35.5. The van der Waals surface area contributed by atoms with Gasteiger partial charge in [-0.1, -0.05) is 75.7 Å². The maximum absolute atomic E-state index is 6.26. The van der Waals surface area contributed by atoms with Crippen molar-refractivity contribution in [1.82, 2.24) is 4.57 Å². The first kappa shape index (κ1) is 23.6. The third-order valence-electron chi connectivity index (χ3n) is 8.92. The van der Waals surface area contributed by atoms with E-state index in [0.29, 0.717) is 0 Å². The van der Waals surface area contributed by atoms with Gasteiger partial charge in [0.1, 0.15) is 0 Å². The molecule has 0 saturated carbocycles. The molecule has 184 valence electrons. The highest BCUT2D eigenvalue weighted by molar-refractivity contribution is 6.30. The molecule has 1 heterocycles. The summed E-state index contributed by atoms with van der Waals surface area (Å²) in [4.78, 5) is 0. The summed E-state index contributed by atoms with van der Waals surface area (Å²) in [6.07, 6.45) is 7.00. The molecule has 0 aliphatic heterocycles. The zero-order chi connectivity index (χ0) is 25.4. The van der Waals surface area contributed by atoms with Crippen LogP contribution in [0.5, 0.6) is 0 Å². The van der Waals surface area contributed by atoms with Gasteiger partial charge in [0.05, 0.1) is 11.4 Å². The monoisotopic (exact) mass is 493 g/mol. The Morgan fingerprint density at radius 2 is 1.36 bits per heavy atom. The van der Waals surface area contributed by atoms with Crippen molar-refractivity contribution in [3.8, 4) is 28.1 Å². The number of benzene rings is 3. The van der Waals surface area contributed by atoms with Crippen molar-refractivity contribution in [2.45, 2.75) is 78.1 Å². The van der Waals surface area contributed by atoms with Crippen LogP contribution in [-0.2, 0) is 23.7 Å². The van der Waals surface area contributed by atoms with E-state index >= 15 is 0 Å². The van der Waals surface area contributed by atoms with Gasteiger partial charge in [0, 0.05) is 22.3 Å². The lowest BCUT2D eigenvalue weighted by Gasteiger charge is -2.43. The van der Waals surface area contributed by atoms with Crippen LogP contribution in [0, 0.1) is 13.8 Å². The predicted molar refractivity (Wildman–Crippen MR) is 154 cm³/mol. The molecule has 0 unspecified atom stereocenters. The van der Waals surface area contributed by atoms with E-state index in [1.165, 1.54) is 68.7 Å². The smallest absolute Gasteiger partial charge is 0.0570 e. The van der Waals surface area contributed by atoms with E-state index in [9.17, 15) is 0 Å². The van der Waals surface area contributed by atoms with Gasteiger partial charge in [-0.2, -0.15) is 0 Å². The molecular formula is C34H36ClN. The fourth-order valence-electron chi connectivity index (χ4n) is 6.68. The van der Waals surface area contributed by atoms with E-state index in [2.05, 4.69) is 94.8 Å². The summed E-state index contributed by atoms with van der Waals surface area (Å²) in [6.45, 7) is 14.2. The lowest BCUT2D eigenvalue weighted by molar-refractivity contribution is 0.331. The third-order valence-corrected chi connectivity index (χ3v) is 9.17. The van der Waals surface area contributed by atoms with E-state index in [-0.39, 0.29) is 10.8 Å². The maximum atomic E-state index is 6.26. The first-order valence-corrected chi connectivity index (χ1v) is 13.7. The molecule has 0 radical (unpaired) electrons. The summed E-state index contributed by atoms with van der Waals surface area (Å²) in [7, 11) is 0. The fraction of sp³-hybridized carbons (Fsp3) is 0.353. The number of aryl methyl sites for hydroxylation is 3. The van der Waals surface area contributed by atoms with Gasteiger partial charge >= 0.3 is 0 Å². The molecule has 0 bridgehead atoms. The molecule has 0 atom stereocenters. The molecule has 36 heavy (non-hydrogen) atoms. The average molecular weight is 494 g/mol. The summed E-state index contributed by atoms with van der Waals surface area (Å²) in [5.74, 6) is 0. The van der Waals surface area contributed by atoms with E-state index < -0.39 is 0 Å². The molecule has 6 rings (SSSR count). The van der Waals surface area contributed by atoms with Crippen LogP contribution in [-0.4, -0.2) is 4.57 Å². The molecule has 2 aliphatic rings. The van der Waals surface area contributed by atoms with E-state index in [0.717, 1.165) is 17.9 Å². The molecule has 3 aromatic carbocycles. The first-order valence-electron chi connectivity index (χ1n) is 13.3. The number of rotatable bonds is 2. The van der Waals surface area contributed by atoms with Crippen molar-refractivity contribution in [3.05, 3.63) is 99.2 Å². The van der Waals surface area contributed by atoms with Gasteiger partial charge in [-0.3, -0.25) is 0 Å². The van der Waals surface area contributed by atoms with Crippen molar-refractivity contribution in [3.63, 3.8) is 0 Å². The number of halogens is 1. The van der Waals surface area contributed by atoms with Gasteiger partial charge in [0.25, 0.3) is 0 Å². The summed E-state index contributed by atoms with van der Waals surface area (Å²) < 4.78 is 2.50. The topological polar surface area (TPSA) is 4.93 Å². The van der Waals surface area contributed by atoms with Crippen molar-refractivity contribution >= 4 is 11.6 Å². The van der Waals surface area contributed by atoms with Crippen molar-refractivity contribution in [2.24, 2.45) is 0 Å². The molecule has 0 fully saturated rings. The van der Waals surface area contributed by atoms with Gasteiger partial charge in [-0.25, -0.2) is 0 Å². The summed E-state index contributed by atoms with van der Waals surface area (Å²) in [5.41, 5.74) is 15.7. The molecule has 2 aliphatic carbocycles. The van der Waals surface area contributed by atoms with Crippen LogP contribution in [0.2, 0.25) is 5.02 Å². The molecule has 0 saturated heterocycles. The van der Waals surface area contributed by atoms with Crippen LogP contribution in [0.4, 0.5) is 0 Å². The number of hydrogen-bond donors (Lipinski definition) is 0. The van der Waals surface area contributed by atoms with E-state index in [4.69, 9.17) is 11.6 Å². The van der Waals surface area contributed by atoms with Crippen molar-refractivity contribution < 1.29 is 0 Å². The van der Waals surface area contributed by atoms with Gasteiger partial charge in [0.15, 0.2) is 0 Å². The molecule has 1 aromatic heterocycles. The maximum Gasteiger partial charge on any atom is 0.0570 e. The summed E-state index contributed by atoms with van der Waals surface area (Å²) >= 11 is 6.26. The van der Waals surface area contributed by atoms with E-state index in [1.807, 2.05) is 12.1 Å². The van der Waals surface area contributed by atoms with Crippen LogP contribution >= 0.6 is 11.6 Å². The second-order valence-corrected chi connectivity index (χ2v) is 12.7. The number of aromatic nitrogens is 1. The van der Waals surface area contributed by atoms with Crippen molar-refractivity contribution in [1.29, 1.82) is 0 Å². The third kappa shape index (κ3) is 3.58. The Morgan fingerprint density at radius 1 is 0.750 bits per heavy atom.